The Bertz CT molecular complexity index is 423. The minimum atomic E-state index is 0.0602. The highest BCUT2D eigenvalue weighted by molar-refractivity contribution is 6.31. The molecule has 1 saturated heterocycles. The second-order valence-electron chi connectivity index (χ2n) is 5.35. The Morgan fingerprint density at radius 1 is 1.47 bits per heavy atom. The number of rotatable bonds is 5. The predicted molar refractivity (Wildman–Crippen MR) is 77.9 cm³/mol. The summed E-state index contributed by atoms with van der Waals surface area (Å²) in [5.74, 6) is 0.827. The predicted octanol–water partition coefficient (Wildman–Crippen LogP) is 3.18. The van der Waals surface area contributed by atoms with Crippen molar-refractivity contribution in [2.75, 3.05) is 6.61 Å². The number of ether oxygens (including phenoxy) is 2. The van der Waals surface area contributed by atoms with E-state index in [0.717, 1.165) is 35.6 Å². The summed E-state index contributed by atoms with van der Waals surface area (Å²) in [6.45, 7) is 4.65. The highest BCUT2D eigenvalue weighted by atomic mass is 35.5. The van der Waals surface area contributed by atoms with Crippen molar-refractivity contribution in [3.8, 4) is 5.75 Å². The van der Waals surface area contributed by atoms with Crippen molar-refractivity contribution in [1.82, 2.24) is 0 Å². The zero-order chi connectivity index (χ0) is 13.8. The van der Waals surface area contributed by atoms with Gasteiger partial charge in [0.05, 0.1) is 12.2 Å². The van der Waals surface area contributed by atoms with E-state index in [1.54, 1.807) is 0 Å². The first-order chi connectivity index (χ1) is 9.06. The molecule has 1 aromatic carbocycles. The maximum atomic E-state index is 6.23. The first-order valence-corrected chi connectivity index (χ1v) is 7.25. The quantitative estimate of drug-likeness (QED) is 0.903. The molecule has 3 unspecified atom stereocenters. The Morgan fingerprint density at radius 3 is 2.89 bits per heavy atom. The van der Waals surface area contributed by atoms with Crippen molar-refractivity contribution in [1.29, 1.82) is 0 Å². The van der Waals surface area contributed by atoms with Crippen LogP contribution in [0.5, 0.6) is 5.75 Å². The van der Waals surface area contributed by atoms with Gasteiger partial charge in [-0.15, -0.1) is 0 Å². The second-order valence-corrected chi connectivity index (χ2v) is 5.76. The van der Waals surface area contributed by atoms with Gasteiger partial charge in [0.1, 0.15) is 12.4 Å². The molecule has 106 valence electrons. The Kier molecular flexibility index (Phi) is 5.08. The van der Waals surface area contributed by atoms with Crippen molar-refractivity contribution < 1.29 is 9.47 Å². The van der Waals surface area contributed by atoms with Crippen molar-refractivity contribution in [2.24, 2.45) is 5.73 Å². The zero-order valence-electron chi connectivity index (χ0n) is 11.6. The number of hydrogen-bond acceptors (Lipinski definition) is 3. The molecule has 2 rings (SSSR count). The molecule has 0 aromatic heterocycles. The summed E-state index contributed by atoms with van der Waals surface area (Å²) >= 11 is 6.23. The van der Waals surface area contributed by atoms with Gasteiger partial charge in [0, 0.05) is 16.6 Å². The Morgan fingerprint density at radius 2 is 2.26 bits per heavy atom. The molecule has 4 heteroatoms. The number of nitrogens with two attached hydrogens (primary N) is 1. The van der Waals surface area contributed by atoms with E-state index in [2.05, 4.69) is 6.92 Å². The molecule has 1 aliphatic heterocycles. The van der Waals surface area contributed by atoms with Crippen molar-refractivity contribution in [3.63, 3.8) is 0 Å². The van der Waals surface area contributed by atoms with Gasteiger partial charge in [-0.3, -0.25) is 0 Å². The van der Waals surface area contributed by atoms with E-state index in [1.165, 1.54) is 0 Å². The maximum absolute atomic E-state index is 6.23. The van der Waals surface area contributed by atoms with Crippen LogP contribution in [0.3, 0.4) is 0 Å². The molecular weight excluding hydrogens is 262 g/mol. The Balaban J connectivity index is 2.01. The molecule has 1 heterocycles. The molecular formula is C15H22ClNO2. The van der Waals surface area contributed by atoms with Crippen molar-refractivity contribution >= 4 is 11.6 Å². The summed E-state index contributed by atoms with van der Waals surface area (Å²) in [5.41, 5.74) is 6.85. The van der Waals surface area contributed by atoms with Crippen LogP contribution in [0.25, 0.3) is 0 Å². The van der Waals surface area contributed by atoms with Crippen LogP contribution < -0.4 is 10.5 Å². The molecule has 3 atom stereocenters. The number of halogens is 1. The number of hydrogen-bond donors (Lipinski definition) is 1. The molecule has 2 N–H and O–H groups in total. The van der Waals surface area contributed by atoms with E-state index >= 15 is 0 Å². The van der Waals surface area contributed by atoms with Crippen LogP contribution in [0.1, 0.15) is 32.3 Å². The summed E-state index contributed by atoms with van der Waals surface area (Å²) < 4.78 is 11.6. The second kappa shape index (κ2) is 6.60. The molecule has 3 nitrogen and oxygen atoms in total. The standard InChI is InChI=1S/C15H22ClNO2/c1-10(17)8-13-14(16)4-3-5-15(13)18-9-12-7-6-11(2)19-12/h3-5,10-12H,6-9,17H2,1-2H3. The molecule has 1 aromatic rings. The normalized spacial score (nSPS) is 24.4. The van der Waals surface area contributed by atoms with Gasteiger partial charge in [0.15, 0.2) is 0 Å². The minimum absolute atomic E-state index is 0.0602. The van der Waals surface area contributed by atoms with Crippen LogP contribution >= 0.6 is 11.6 Å². The van der Waals surface area contributed by atoms with Crippen molar-refractivity contribution in [3.05, 3.63) is 28.8 Å². The first kappa shape index (κ1) is 14.6. The largest absolute Gasteiger partial charge is 0.491 e. The summed E-state index contributed by atoms with van der Waals surface area (Å²) in [5, 5.41) is 0.718. The maximum Gasteiger partial charge on any atom is 0.124 e. The topological polar surface area (TPSA) is 44.5 Å². The average Bonchev–Trinajstić information content (AvgIpc) is 2.75. The molecule has 1 fully saturated rings. The zero-order valence-corrected chi connectivity index (χ0v) is 12.3. The van der Waals surface area contributed by atoms with E-state index in [9.17, 15) is 0 Å². The van der Waals surface area contributed by atoms with E-state index < -0.39 is 0 Å². The van der Waals surface area contributed by atoms with E-state index in [4.69, 9.17) is 26.8 Å². The molecule has 0 bridgehead atoms. The SMILES string of the molecule is CC(N)Cc1c(Cl)cccc1OCC1CCC(C)O1. The molecule has 0 aliphatic carbocycles. The first-order valence-electron chi connectivity index (χ1n) is 6.87. The van der Waals surface area contributed by atoms with Gasteiger partial charge in [-0.25, -0.2) is 0 Å². The fraction of sp³-hybridized carbons (Fsp3) is 0.600. The lowest BCUT2D eigenvalue weighted by Gasteiger charge is -2.17. The Hall–Kier alpha value is -0.770. The molecule has 0 amide bonds. The van der Waals surface area contributed by atoms with Crippen LogP contribution in [0.4, 0.5) is 0 Å². The third-order valence-electron chi connectivity index (χ3n) is 3.35. The van der Waals surface area contributed by atoms with Crippen LogP contribution in [0.2, 0.25) is 5.02 Å². The Labute approximate surface area is 120 Å². The van der Waals surface area contributed by atoms with E-state index in [-0.39, 0.29) is 12.1 Å². The van der Waals surface area contributed by atoms with Gasteiger partial charge in [0.25, 0.3) is 0 Å². The monoisotopic (exact) mass is 283 g/mol. The van der Waals surface area contributed by atoms with Gasteiger partial charge in [-0.1, -0.05) is 17.7 Å². The molecule has 1 aliphatic rings. The fourth-order valence-electron chi connectivity index (χ4n) is 2.38. The smallest absolute Gasteiger partial charge is 0.124 e. The van der Waals surface area contributed by atoms with Crippen LogP contribution in [-0.4, -0.2) is 24.9 Å². The summed E-state index contributed by atoms with van der Waals surface area (Å²) in [6, 6.07) is 5.79. The van der Waals surface area contributed by atoms with Crippen LogP contribution in [0.15, 0.2) is 18.2 Å². The molecule has 0 radical (unpaired) electrons. The van der Waals surface area contributed by atoms with Crippen LogP contribution in [0, 0.1) is 0 Å². The third kappa shape index (κ3) is 4.10. The van der Waals surface area contributed by atoms with Gasteiger partial charge in [0.2, 0.25) is 0 Å². The lowest BCUT2D eigenvalue weighted by Crippen LogP contribution is -2.21. The summed E-state index contributed by atoms with van der Waals surface area (Å²) in [7, 11) is 0. The number of benzene rings is 1. The average molecular weight is 284 g/mol. The highest BCUT2D eigenvalue weighted by Crippen LogP contribution is 2.28. The van der Waals surface area contributed by atoms with Gasteiger partial charge in [-0.05, 0) is 45.2 Å². The van der Waals surface area contributed by atoms with Crippen molar-refractivity contribution in [2.45, 2.75) is 51.4 Å². The van der Waals surface area contributed by atoms with E-state index in [0.29, 0.717) is 12.7 Å². The minimum Gasteiger partial charge on any atom is -0.491 e. The lowest BCUT2D eigenvalue weighted by atomic mass is 10.1. The van der Waals surface area contributed by atoms with Gasteiger partial charge in [-0.2, -0.15) is 0 Å². The summed E-state index contributed by atoms with van der Waals surface area (Å²) in [4.78, 5) is 0. The summed E-state index contributed by atoms with van der Waals surface area (Å²) in [6.07, 6.45) is 3.42. The molecule has 19 heavy (non-hydrogen) atoms. The molecule has 0 saturated carbocycles. The molecule has 0 spiro atoms. The van der Waals surface area contributed by atoms with Crippen LogP contribution in [-0.2, 0) is 11.2 Å². The third-order valence-corrected chi connectivity index (χ3v) is 3.70. The fourth-order valence-corrected chi connectivity index (χ4v) is 2.63. The van der Waals surface area contributed by atoms with E-state index in [1.807, 2.05) is 25.1 Å². The highest BCUT2D eigenvalue weighted by Gasteiger charge is 2.22. The van der Waals surface area contributed by atoms with Gasteiger partial charge < -0.3 is 15.2 Å². The van der Waals surface area contributed by atoms with Gasteiger partial charge >= 0.3 is 0 Å². The lowest BCUT2D eigenvalue weighted by molar-refractivity contribution is 0.0262.